The molecule has 0 unspecified atom stereocenters. The van der Waals surface area contributed by atoms with Crippen LogP contribution in [0.3, 0.4) is 0 Å². The number of ether oxygens (including phenoxy) is 1. The molecule has 0 aromatic heterocycles. The number of hydrogen-bond acceptors (Lipinski definition) is 3. The lowest BCUT2D eigenvalue weighted by molar-refractivity contribution is 0.0807. The molecule has 1 N–H and O–H groups in total. The van der Waals surface area contributed by atoms with Gasteiger partial charge in [-0.15, -0.1) is 0 Å². The van der Waals surface area contributed by atoms with Crippen molar-refractivity contribution in [3.63, 3.8) is 0 Å². The van der Waals surface area contributed by atoms with Crippen LogP contribution in [-0.4, -0.2) is 32.1 Å². The molecule has 1 aromatic rings. The van der Waals surface area contributed by atoms with E-state index in [0.29, 0.717) is 6.54 Å². The van der Waals surface area contributed by atoms with Gasteiger partial charge in [0, 0.05) is 19.1 Å². The maximum Gasteiger partial charge on any atom is 0.176 e. The highest BCUT2D eigenvalue weighted by molar-refractivity contribution is 5.97. The second kappa shape index (κ2) is 4.98. The van der Waals surface area contributed by atoms with Gasteiger partial charge in [0.1, 0.15) is 0 Å². The van der Waals surface area contributed by atoms with E-state index in [2.05, 4.69) is 5.32 Å². The highest BCUT2D eigenvalue weighted by Crippen LogP contribution is 2.41. The van der Waals surface area contributed by atoms with Crippen molar-refractivity contribution >= 4 is 5.78 Å². The molecule has 17 heavy (non-hydrogen) atoms. The molecule has 0 aliphatic heterocycles. The highest BCUT2D eigenvalue weighted by Gasteiger charge is 2.42. The van der Waals surface area contributed by atoms with Crippen molar-refractivity contribution in [3.05, 3.63) is 35.4 Å². The lowest BCUT2D eigenvalue weighted by atomic mass is 10.0. The van der Waals surface area contributed by atoms with Crippen LogP contribution in [-0.2, 0) is 11.2 Å². The van der Waals surface area contributed by atoms with Gasteiger partial charge in [0.15, 0.2) is 5.78 Å². The Balaban J connectivity index is 2.00. The largest absolute Gasteiger partial charge is 0.378 e. The summed E-state index contributed by atoms with van der Waals surface area (Å²) in [6.07, 6.45) is 3.23. The Bertz CT molecular complexity index is 393. The van der Waals surface area contributed by atoms with E-state index in [1.165, 1.54) is 5.56 Å². The van der Waals surface area contributed by atoms with Crippen LogP contribution in [0.2, 0.25) is 0 Å². The summed E-state index contributed by atoms with van der Waals surface area (Å²) in [5.41, 5.74) is 2.09. The summed E-state index contributed by atoms with van der Waals surface area (Å²) >= 11 is 0. The maximum atomic E-state index is 11.6. The number of carbonyl (C=O) groups excluding carboxylic acids is 1. The number of carbonyl (C=O) groups is 1. The van der Waals surface area contributed by atoms with Gasteiger partial charge in [-0.2, -0.15) is 0 Å². The van der Waals surface area contributed by atoms with Crippen molar-refractivity contribution in [2.24, 2.45) is 0 Å². The summed E-state index contributed by atoms with van der Waals surface area (Å²) in [6.45, 7) is 0.390. The molecule has 3 heteroatoms. The molecular weight excluding hydrogens is 214 g/mol. The third kappa shape index (κ3) is 2.93. The summed E-state index contributed by atoms with van der Waals surface area (Å²) in [6, 6.07) is 7.87. The lowest BCUT2D eigenvalue weighted by Crippen LogP contribution is -2.18. The van der Waals surface area contributed by atoms with Gasteiger partial charge in [-0.3, -0.25) is 4.79 Å². The Kier molecular flexibility index (Phi) is 3.60. The number of Topliss-reactive ketones (excluding diaryl/α,β-unsaturated/α-hetero) is 1. The molecule has 0 amide bonds. The monoisotopic (exact) mass is 233 g/mol. The van der Waals surface area contributed by atoms with Gasteiger partial charge in [-0.05, 0) is 25.5 Å². The molecule has 0 atom stereocenters. The molecule has 0 bridgehead atoms. The fraction of sp³-hybridized carbons (Fsp3) is 0.500. The molecule has 0 radical (unpaired) electrons. The Morgan fingerprint density at radius 1 is 1.35 bits per heavy atom. The summed E-state index contributed by atoms with van der Waals surface area (Å²) in [5.74, 6) is 0.131. The van der Waals surface area contributed by atoms with Crippen molar-refractivity contribution in [1.82, 2.24) is 5.32 Å². The third-order valence-electron chi connectivity index (χ3n) is 3.38. The minimum atomic E-state index is 0.0799. The predicted octanol–water partition coefficient (Wildman–Crippen LogP) is 1.81. The summed E-state index contributed by atoms with van der Waals surface area (Å²) < 4.78 is 5.49. The highest BCUT2D eigenvalue weighted by atomic mass is 16.5. The van der Waals surface area contributed by atoms with Crippen LogP contribution in [0.25, 0.3) is 0 Å². The van der Waals surface area contributed by atoms with Crippen LogP contribution in [0.4, 0.5) is 0 Å². The van der Waals surface area contributed by atoms with Crippen molar-refractivity contribution in [1.29, 1.82) is 0 Å². The van der Waals surface area contributed by atoms with Crippen LogP contribution < -0.4 is 5.32 Å². The van der Waals surface area contributed by atoms with E-state index >= 15 is 0 Å². The Labute approximate surface area is 102 Å². The molecular formula is C14H19NO2. The Morgan fingerprint density at radius 3 is 2.47 bits per heavy atom. The van der Waals surface area contributed by atoms with E-state index in [4.69, 9.17) is 4.74 Å². The maximum absolute atomic E-state index is 11.6. The van der Waals surface area contributed by atoms with Gasteiger partial charge in [-0.25, -0.2) is 0 Å². The van der Waals surface area contributed by atoms with Gasteiger partial charge < -0.3 is 10.1 Å². The number of nitrogens with one attached hydrogen (secondary N) is 1. The van der Waals surface area contributed by atoms with Crippen LogP contribution in [0.1, 0.15) is 28.8 Å². The normalized spacial score (nSPS) is 16.8. The molecule has 92 valence electrons. The Morgan fingerprint density at radius 2 is 2.00 bits per heavy atom. The summed E-state index contributed by atoms with van der Waals surface area (Å²) in [4.78, 5) is 11.6. The summed E-state index contributed by atoms with van der Waals surface area (Å²) in [5, 5.41) is 2.87. The van der Waals surface area contributed by atoms with E-state index in [9.17, 15) is 4.79 Å². The molecule has 1 aromatic carbocycles. The van der Waals surface area contributed by atoms with E-state index in [0.717, 1.165) is 24.8 Å². The first-order valence-electron chi connectivity index (χ1n) is 6.01. The first-order chi connectivity index (χ1) is 8.19. The second-order valence-electron chi connectivity index (χ2n) is 4.71. The average molecular weight is 233 g/mol. The first-order valence-corrected chi connectivity index (χ1v) is 6.01. The van der Waals surface area contributed by atoms with Crippen LogP contribution in [0.5, 0.6) is 0 Å². The van der Waals surface area contributed by atoms with E-state index in [-0.39, 0.29) is 11.4 Å². The van der Waals surface area contributed by atoms with Gasteiger partial charge in [0.25, 0.3) is 0 Å². The summed E-state index contributed by atoms with van der Waals surface area (Å²) in [7, 11) is 3.56. The molecule has 1 aliphatic rings. The molecule has 1 aliphatic carbocycles. The fourth-order valence-corrected chi connectivity index (χ4v) is 2.04. The topological polar surface area (TPSA) is 38.3 Å². The molecule has 1 fully saturated rings. The molecule has 1 saturated carbocycles. The Hall–Kier alpha value is -1.19. The van der Waals surface area contributed by atoms with Gasteiger partial charge in [0.2, 0.25) is 0 Å². The number of hydrogen-bond donors (Lipinski definition) is 1. The van der Waals surface area contributed by atoms with Crippen LogP contribution >= 0.6 is 0 Å². The molecule has 0 saturated heterocycles. The minimum absolute atomic E-state index is 0.0799. The number of methoxy groups -OCH3 is 1. The number of benzene rings is 1. The van der Waals surface area contributed by atoms with Gasteiger partial charge in [-0.1, -0.05) is 24.3 Å². The zero-order valence-electron chi connectivity index (χ0n) is 10.5. The number of ketones is 1. The quantitative estimate of drug-likeness (QED) is 0.762. The van der Waals surface area contributed by atoms with Gasteiger partial charge in [0.05, 0.1) is 12.1 Å². The van der Waals surface area contributed by atoms with E-state index < -0.39 is 0 Å². The lowest BCUT2D eigenvalue weighted by Gasteiger charge is -2.13. The second-order valence-corrected chi connectivity index (χ2v) is 4.71. The minimum Gasteiger partial charge on any atom is -0.378 e. The standard InChI is InChI=1S/C14H19NO2/c1-15-10-13(16)12-5-3-11(4-6-12)9-14(17-2)7-8-14/h3-6,15H,7-10H2,1-2H3. The molecule has 0 spiro atoms. The number of rotatable bonds is 6. The van der Waals surface area contributed by atoms with Crippen LogP contribution in [0.15, 0.2) is 24.3 Å². The van der Waals surface area contributed by atoms with Crippen molar-refractivity contribution in [2.45, 2.75) is 24.9 Å². The van der Waals surface area contributed by atoms with Gasteiger partial charge >= 0.3 is 0 Å². The molecule has 3 nitrogen and oxygen atoms in total. The fourth-order valence-electron chi connectivity index (χ4n) is 2.04. The smallest absolute Gasteiger partial charge is 0.176 e. The molecule has 0 heterocycles. The van der Waals surface area contributed by atoms with Crippen molar-refractivity contribution in [2.75, 3.05) is 20.7 Å². The van der Waals surface area contributed by atoms with E-state index in [1.807, 2.05) is 24.3 Å². The van der Waals surface area contributed by atoms with Crippen molar-refractivity contribution in [3.8, 4) is 0 Å². The predicted molar refractivity (Wildman–Crippen MR) is 67.4 cm³/mol. The third-order valence-corrected chi connectivity index (χ3v) is 3.38. The average Bonchev–Trinajstić information content (AvgIpc) is 3.11. The zero-order valence-corrected chi connectivity index (χ0v) is 10.5. The molecule has 2 rings (SSSR count). The SMILES string of the molecule is CNCC(=O)c1ccc(CC2(OC)CC2)cc1. The van der Waals surface area contributed by atoms with Crippen molar-refractivity contribution < 1.29 is 9.53 Å². The zero-order chi connectivity index (χ0) is 12.3. The number of likely N-dealkylation sites (N-methyl/N-ethyl adjacent to an activating group) is 1. The van der Waals surface area contributed by atoms with E-state index in [1.54, 1.807) is 14.2 Å². The first kappa shape index (κ1) is 12.3. The van der Waals surface area contributed by atoms with Crippen LogP contribution in [0, 0.1) is 0 Å².